The van der Waals surface area contributed by atoms with Gasteiger partial charge in [0, 0.05) is 0 Å². The summed E-state index contributed by atoms with van der Waals surface area (Å²) in [6, 6.07) is 1.69. The van der Waals surface area contributed by atoms with Crippen molar-refractivity contribution in [2.75, 3.05) is 13.7 Å². The van der Waals surface area contributed by atoms with Crippen LogP contribution in [0.25, 0.3) is 0 Å². The monoisotopic (exact) mass is 196 g/mol. The lowest BCUT2D eigenvalue weighted by molar-refractivity contribution is 0.0602. The molecule has 1 heterocycles. The second kappa shape index (κ2) is 4.53. The molecule has 1 rings (SSSR count). The summed E-state index contributed by atoms with van der Waals surface area (Å²) in [5, 5.41) is 1.75. The van der Waals surface area contributed by atoms with Crippen LogP contribution in [-0.4, -0.2) is 19.7 Å². The van der Waals surface area contributed by atoms with Gasteiger partial charge in [-0.3, -0.25) is 0 Å². The summed E-state index contributed by atoms with van der Waals surface area (Å²) in [7, 11) is 1.33. The molecule has 0 aliphatic rings. The summed E-state index contributed by atoms with van der Waals surface area (Å²) in [4.78, 5) is 11.6. The molecule has 1 aromatic heterocycles. The average Bonchev–Trinajstić information content (AvgIpc) is 2.61. The van der Waals surface area contributed by atoms with E-state index in [9.17, 15) is 4.79 Å². The van der Waals surface area contributed by atoms with Crippen molar-refractivity contribution in [2.24, 2.45) is 0 Å². The van der Waals surface area contributed by atoms with Crippen LogP contribution < -0.4 is 4.74 Å². The third-order valence-corrected chi connectivity index (χ3v) is 2.19. The largest absolute Gasteiger partial charge is 0.479 e. The molecule has 0 saturated carbocycles. The zero-order valence-corrected chi connectivity index (χ0v) is 7.89. The van der Waals surface area contributed by atoms with Gasteiger partial charge >= 0.3 is 5.97 Å². The van der Waals surface area contributed by atoms with Gasteiger partial charge in [-0.05, 0) is 11.4 Å². The van der Waals surface area contributed by atoms with Crippen LogP contribution in [0.5, 0.6) is 5.75 Å². The van der Waals surface area contributed by atoms with Crippen molar-refractivity contribution in [1.29, 1.82) is 0 Å². The molecule has 0 saturated heterocycles. The van der Waals surface area contributed by atoms with Crippen molar-refractivity contribution in [3.63, 3.8) is 0 Å². The van der Waals surface area contributed by atoms with E-state index in [1.54, 1.807) is 11.4 Å². The number of hydrogen-bond acceptors (Lipinski definition) is 4. The summed E-state index contributed by atoms with van der Waals surface area (Å²) in [5.74, 6) is 2.40. The molecule has 4 heteroatoms. The van der Waals surface area contributed by atoms with Gasteiger partial charge in [-0.1, -0.05) is 5.92 Å². The van der Waals surface area contributed by atoms with Gasteiger partial charge in [-0.15, -0.1) is 17.8 Å². The Kier molecular flexibility index (Phi) is 3.35. The Labute approximate surface area is 80.3 Å². The lowest BCUT2D eigenvalue weighted by Gasteiger charge is -2.01. The second-order valence-corrected chi connectivity index (χ2v) is 3.01. The fourth-order valence-corrected chi connectivity index (χ4v) is 1.52. The molecule has 0 unspecified atom stereocenters. The van der Waals surface area contributed by atoms with E-state index < -0.39 is 5.97 Å². The van der Waals surface area contributed by atoms with Crippen molar-refractivity contribution in [3.05, 3.63) is 16.3 Å². The molecule has 0 fully saturated rings. The molecule has 0 amide bonds. The van der Waals surface area contributed by atoms with Crippen molar-refractivity contribution in [1.82, 2.24) is 0 Å². The second-order valence-electron chi connectivity index (χ2n) is 2.10. The number of methoxy groups -OCH3 is 1. The van der Waals surface area contributed by atoms with Gasteiger partial charge in [0.15, 0.2) is 4.88 Å². The molecule has 0 N–H and O–H groups in total. The molecule has 0 atom stereocenters. The molecule has 1 aromatic rings. The van der Waals surface area contributed by atoms with E-state index in [-0.39, 0.29) is 6.61 Å². The quantitative estimate of drug-likeness (QED) is 0.543. The van der Waals surface area contributed by atoms with Crippen LogP contribution in [0.4, 0.5) is 0 Å². The van der Waals surface area contributed by atoms with Crippen LogP contribution in [0.15, 0.2) is 11.4 Å². The summed E-state index contributed by atoms with van der Waals surface area (Å²) >= 11 is 1.26. The van der Waals surface area contributed by atoms with Crippen molar-refractivity contribution >= 4 is 17.3 Å². The highest BCUT2D eigenvalue weighted by Crippen LogP contribution is 2.25. The van der Waals surface area contributed by atoms with E-state index in [0.717, 1.165) is 0 Å². The first-order chi connectivity index (χ1) is 6.29. The molecule has 0 aliphatic carbocycles. The molecular weight excluding hydrogens is 188 g/mol. The number of esters is 1. The van der Waals surface area contributed by atoms with E-state index in [2.05, 4.69) is 10.7 Å². The number of carbonyl (C=O) groups excluding carboxylic acids is 1. The van der Waals surface area contributed by atoms with E-state index in [4.69, 9.17) is 11.2 Å². The van der Waals surface area contributed by atoms with E-state index in [1.165, 1.54) is 18.4 Å². The minimum atomic E-state index is -0.401. The van der Waals surface area contributed by atoms with E-state index >= 15 is 0 Å². The van der Waals surface area contributed by atoms with E-state index in [0.29, 0.717) is 10.6 Å². The lowest BCUT2D eigenvalue weighted by atomic mass is 10.4. The minimum Gasteiger partial charge on any atom is -0.479 e. The number of carbonyl (C=O) groups is 1. The Morgan fingerprint density at radius 1 is 1.77 bits per heavy atom. The highest BCUT2D eigenvalue weighted by Gasteiger charge is 2.13. The predicted molar refractivity (Wildman–Crippen MR) is 50.0 cm³/mol. The maximum atomic E-state index is 11.1. The van der Waals surface area contributed by atoms with Crippen LogP contribution in [0.2, 0.25) is 0 Å². The number of hydrogen-bond donors (Lipinski definition) is 0. The lowest BCUT2D eigenvalue weighted by Crippen LogP contribution is -2.02. The number of ether oxygens (including phenoxy) is 2. The Hall–Kier alpha value is -1.47. The summed E-state index contributed by atoms with van der Waals surface area (Å²) < 4.78 is 9.68. The number of terminal acetylenes is 1. The predicted octanol–water partition coefficient (Wildman–Crippen LogP) is 1.55. The van der Waals surface area contributed by atoms with Gasteiger partial charge in [-0.2, -0.15) is 0 Å². The maximum Gasteiger partial charge on any atom is 0.351 e. The van der Waals surface area contributed by atoms with Crippen molar-refractivity contribution in [3.8, 4) is 18.1 Å². The summed E-state index contributed by atoms with van der Waals surface area (Å²) in [6.45, 7) is 0.153. The fourth-order valence-electron chi connectivity index (χ4n) is 0.772. The molecule has 0 aromatic carbocycles. The Morgan fingerprint density at radius 2 is 2.54 bits per heavy atom. The van der Waals surface area contributed by atoms with Gasteiger partial charge in [0.05, 0.1) is 7.11 Å². The Bertz CT molecular complexity index is 335. The Balaban J connectivity index is 2.78. The average molecular weight is 196 g/mol. The third kappa shape index (κ3) is 2.23. The van der Waals surface area contributed by atoms with Crippen LogP contribution in [0.3, 0.4) is 0 Å². The molecule has 3 nitrogen and oxygen atoms in total. The minimum absolute atomic E-state index is 0.153. The van der Waals surface area contributed by atoms with Gasteiger partial charge in [0.25, 0.3) is 0 Å². The van der Waals surface area contributed by atoms with Crippen molar-refractivity contribution < 1.29 is 14.3 Å². The normalized spacial score (nSPS) is 8.92. The first-order valence-corrected chi connectivity index (χ1v) is 4.39. The standard InChI is InChI=1S/C9H8O3S/c1-3-5-12-7-4-6-13-8(7)9(10)11-2/h1,4,6H,5H2,2H3. The third-order valence-electron chi connectivity index (χ3n) is 1.31. The highest BCUT2D eigenvalue weighted by molar-refractivity contribution is 7.12. The molecule has 0 aliphatic heterocycles. The zero-order chi connectivity index (χ0) is 9.68. The van der Waals surface area contributed by atoms with Crippen molar-refractivity contribution in [2.45, 2.75) is 0 Å². The van der Waals surface area contributed by atoms with Crippen LogP contribution >= 0.6 is 11.3 Å². The van der Waals surface area contributed by atoms with Crippen LogP contribution in [0, 0.1) is 12.3 Å². The highest BCUT2D eigenvalue weighted by atomic mass is 32.1. The number of rotatable bonds is 3. The fraction of sp³-hybridized carbons (Fsp3) is 0.222. The molecule has 0 spiro atoms. The smallest absolute Gasteiger partial charge is 0.351 e. The first kappa shape index (κ1) is 9.62. The van der Waals surface area contributed by atoms with Crippen LogP contribution in [0.1, 0.15) is 9.67 Å². The summed E-state index contributed by atoms with van der Waals surface area (Å²) in [5.41, 5.74) is 0. The SMILES string of the molecule is C#CCOc1ccsc1C(=O)OC. The van der Waals surface area contributed by atoms with Crippen LogP contribution in [-0.2, 0) is 4.74 Å². The molecule has 13 heavy (non-hydrogen) atoms. The van der Waals surface area contributed by atoms with Gasteiger partial charge < -0.3 is 9.47 Å². The number of thiophene rings is 1. The first-order valence-electron chi connectivity index (χ1n) is 3.51. The molecule has 0 bridgehead atoms. The summed E-state index contributed by atoms with van der Waals surface area (Å²) in [6.07, 6.45) is 5.02. The molecule has 68 valence electrons. The van der Waals surface area contributed by atoms with Gasteiger partial charge in [-0.25, -0.2) is 4.79 Å². The van der Waals surface area contributed by atoms with E-state index in [1.807, 2.05) is 0 Å². The Morgan fingerprint density at radius 3 is 3.15 bits per heavy atom. The molecular formula is C9H8O3S. The topological polar surface area (TPSA) is 35.5 Å². The molecule has 0 radical (unpaired) electrons. The zero-order valence-electron chi connectivity index (χ0n) is 7.07. The van der Waals surface area contributed by atoms with Gasteiger partial charge in [0.1, 0.15) is 12.4 Å². The maximum absolute atomic E-state index is 11.1. The van der Waals surface area contributed by atoms with Gasteiger partial charge in [0.2, 0.25) is 0 Å².